The van der Waals surface area contributed by atoms with Crippen molar-refractivity contribution in [2.45, 2.75) is 20.5 Å². The van der Waals surface area contributed by atoms with Crippen LogP contribution in [0.3, 0.4) is 0 Å². The molecule has 0 radical (unpaired) electrons. The average molecular weight is 560 g/mol. The highest BCUT2D eigenvalue weighted by molar-refractivity contribution is 8.19. The summed E-state index contributed by atoms with van der Waals surface area (Å²) in [6.07, 6.45) is 1.88. The topological polar surface area (TPSA) is 41.9 Å². The summed E-state index contributed by atoms with van der Waals surface area (Å²) in [4.78, 5) is 20.8. The predicted octanol–water partition coefficient (Wildman–Crippen LogP) is 9.00. The van der Waals surface area contributed by atoms with Crippen LogP contribution < -0.4 is 9.64 Å². The van der Waals surface area contributed by atoms with Gasteiger partial charge in [-0.1, -0.05) is 77.8 Å². The molecule has 1 amide bonds. The molecule has 1 saturated heterocycles. The number of carbonyl (C=O) groups excluding carboxylic acids is 1. The molecule has 0 bridgehead atoms. The van der Waals surface area contributed by atoms with Crippen LogP contribution >= 0.6 is 35.0 Å². The molecule has 0 aliphatic carbocycles. The number of hydrogen-bond acceptors (Lipinski definition) is 4. The lowest BCUT2D eigenvalue weighted by atomic mass is 10.1. The monoisotopic (exact) mass is 558 g/mol. The Morgan fingerprint density at radius 3 is 2.29 bits per heavy atom. The summed E-state index contributed by atoms with van der Waals surface area (Å²) in [6, 6.07) is 28.6. The van der Waals surface area contributed by atoms with E-state index in [2.05, 4.69) is 0 Å². The predicted molar refractivity (Wildman–Crippen MR) is 160 cm³/mol. The van der Waals surface area contributed by atoms with Gasteiger partial charge in [-0.25, -0.2) is 4.99 Å². The molecule has 4 aromatic rings. The smallest absolute Gasteiger partial charge is 0.271 e. The van der Waals surface area contributed by atoms with E-state index in [1.54, 1.807) is 17.0 Å². The van der Waals surface area contributed by atoms with Gasteiger partial charge < -0.3 is 4.74 Å². The minimum absolute atomic E-state index is 0.108. The van der Waals surface area contributed by atoms with E-state index < -0.39 is 0 Å². The Bertz CT molecular complexity index is 1530. The summed E-state index contributed by atoms with van der Waals surface area (Å²) < 4.78 is 5.89. The first-order chi connectivity index (χ1) is 18.4. The second-order valence-electron chi connectivity index (χ2n) is 8.81. The van der Waals surface area contributed by atoms with Crippen LogP contribution in [0.2, 0.25) is 10.0 Å². The lowest BCUT2D eigenvalue weighted by Crippen LogP contribution is -2.28. The molecule has 190 valence electrons. The lowest BCUT2D eigenvalue weighted by Gasteiger charge is -2.16. The number of benzene rings is 4. The third-order valence-corrected chi connectivity index (χ3v) is 7.61. The van der Waals surface area contributed by atoms with Crippen molar-refractivity contribution in [2.24, 2.45) is 4.99 Å². The molecule has 1 aliphatic heterocycles. The molecule has 1 fully saturated rings. The number of aryl methyl sites for hydroxylation is 2. The van der Waals surface area contributed by atoms with Gasteiger partial charge in [-0.3, -0.25) is 9.69 Å². The van der Waals surface area contributed by atoms with Crippen molar-refractivity contribution in [3.63, 3.8) is 0 Å². The maximum atomic E-state index is 13.6. The molecule has 0 N–H and O–H groups in total. The third-order valence-electron chi connectivity index (χ3n) is 6.06. The van der Waals surface area contributed by atoms with Gasteiger partial charge in [-0.15, -0.1) is 0 Å². The number of rotatable bonds is 6. The summed E-state index contributed by atoms with van der Waals surface area (Å²) in [6.45, 7) is 4.39. The van der Waals surface area contributed by atoms with Crippen molar-refractivity contribution in [2.75, 3.05) is 4.90 Å². The van der Waals surface area contributed by atoms with E-state index in [0.29, 0.717) is 32.5 Å². The Morgan fingerprint density at radius 2 is 1.61 bits per heavy atom. The highest BCUT2D eigenvalue weighted by atomic mass is 35.5. The van der Waals surface area contributed by atoms with Gasteiger partial charge in [0, 0.05) is 15.6 Å². The fraction of sp³-hybridized carbons (Fsp3) is 0.0968. The van der Waals surface area contributed by atoms with Gasteiger partial charge in [0.2, 0.25) is 0 Å². The first-order valence-electron chi connectivity index (χ1n) is 12.0. The zero-order valence-electron chi connectivity index (χ0n) is 20.8. The number of thioether (sulfide) groups is 1. The summed E-state index contributed by atoms with van der Waals surface area (Å²) in [5.41, 5.74) is 5.53. The summed E-state index contributed by atoms with van der Waals surface area (Å²) in [7, 11) is 0. The van der Waals surface area contributed by atoms with E-state index in [1.165, 1.54) is 11.8 Å². The van der Waals surface area contributed by atoms with Crippen LogP contribution in [-0.4, -0.2) is 11.1 Å². The van der Waals surface area contributed by atoms with Crippen LogP contribution in [0.4, 0.5) is 11.4 Å². The number of aliphatic imine (C=N–C) groups is 1. The van der Waals surface area contributed by atoms with Gasteiger partial charge in [0.15, 0.2) is 5.17 Å². The lowest BCUT2D eigenvalue weighted by molar-refractivity contribution is -0.113. The summed E-state index contributed by atoms with van der Waals surface area (Å²) >= 11 is 13.6. The number of nitrogens with zero attached hydrogens (tertiary/aromatic N) is 2. The molecule has 0 aromatic heterocycles. The van der Waals surface area contributed by atoms with E-state index in [4.69, 9.17) is 32.9 Å². The second-order valence-corrected chi connectivity index (χ2v) is 10.7. The normalized spacial score (nSPS) is 15.5. The first kappa shape index (κ1) is 26.1. The molecule has 7 heteroatoms. The largest absolute Gasteiger partial charge is 0.489 e. The van der Waals surface area contributed by atoms with Gasteiger partial charge in [0.05, 0.1) is 16.3 Å². The third kappa shape index (κ3) is 5.81. The molecule has 1 heterocycles. The van der Waals surface area contributed by atoms with Crippen molar-refractivity contribution < 1.29 is 9.53 Å². The van der Waals surface area contributed by atoms with Crippen LogP contribution in [0, 0.1) is 13.8 Å². The Labute approximate surface area is 236 Å². The van der Waals surface area contributed by atoms with Gasteiger partial charge in [0.25, 0.3) is 5.91 Å². The zero-order valence-corrected chi connectivity index (χ0v) is 23.1. The molecule has 0 saturated carbocycles. The number of hydrogen-bond donors (Lipinski definition) is 0. The van der Waals surface area contributed by atoms with Gasteiger partial charge in [0.1, 0.15) is 12.4 Å². The summed E-state index contributed by atoms with van der Waals surface area (Å²) in [5, 5.41) is 1.78. The summed E-state index contributed by atoms with van der Waals surface area (Å²) in [5.74, 6) is 0.593. The Hall–Kier alpha value is -3.51. The molecular formula is C31H24Cl2N2O2S. The maximum absolute atomic E-state index is 13.6. The molecule has 4 nitrogen and oxygen atoms in total. The number of carbonyl (C=O) groups is 1. The quantitative estimate of drug-likeness (QED) is 0.222. The molecule has 4 aromatic carbocycles. The Morgan fingerprint density at radius 1 is 0.895 bits per heavy atom. The van der Waals surface area contributed by atoms with Crippen LogP contribution in [0.5, 0.6) is 5.75 Å². The maximum Gasteiger partial charge on any atom is 0.271 e. The van der Waals surface area contributed by atoms with Crippen molar-refractivity contribution in [1.82, 2.24) is 0 Å². The van der Waals surface area contributed by atoms with E-state index in [-0.39, 0.29) is 5.91 Å². The standard InChI is InChI=1S/C31H24Cl2N2O2S/c1-20-7-6-8-21(2)29(20)34-31-35(25-9-4-3-5-10-25)30(36)28(38-31)17-22-11-15-26(16-12-22)37-19-23-13-14-24(32)18-27(23)33/h3-18H,19H2,1-2H3/b28-17+,34-31?. The van der Waals surface area contributed by atoms with E-state index in [9.17, 15) is 4.79 Å². The van der Waals surface area contributed by atoms with Gasteiger partial charge in [-0.05, 0) is 84.8 Å². The zero-order chi connectivity index (χ0) is 26.6. The highest BCUT2D eigenvalue weighted by Crippen LogP contribution is 2.38. The molecule has 1 aliphatic rings. The van der Waals surface area contributed by atoms with Crippen molar-refractivity contribution >= 4 is 63.5 Å². The number of amides is 1. The number of para-hydroxylation sites is 2. The number of amidine groups is 1. The van der Waals surface area contributed by atoms with E-state index >= 15 is 0 Å². The SMILES string of the molecule is Cc1cccc(C)c1N=C1S/C(=C/c2ccc(OCc3ccc(Cl)cc3Cl)cc2)C(=O)N1c1ccccc1. The van der Waals surface area contributed by atoms with Crippen molar-refractivity contribution in [3.05, 3.63) is 128 Å². The van der Waals surface area contributed by atoms with Crippen LogP contribution in [0.15, 0.2) is 101 Å². The second kappa shape index (κ2) is 11.5. The van der Waals surface area contributed by atoms with Crippen molar-refractivity contribution in [1.29, 1.82) is 0 Å². The van der Waals surface area contributed by atoms with Crippen LogP contribution in [0.25, 0.3) is 6.08 Å². The molecule has 0 unspecified atom stereocenters. The van der Waals surface area contributed by atoms with Crippen LogP contribution in [-0.2, 0) is 11.4 Å². The van der Waals surface area contributed by atoms with E-state index in [0.717, 1.165) is 33.6 Å². The van der Waals surface area contributed by atoms with Crippen LogP contribution in [0.1, 0.15) is 22.3 Å². The fourth-order valence-electron chi connectivity index (χ4n) is 4.04. The molecule has 38 heavy (non-hydrogen) atoms. The Balaban J connectivity index is 1.40. The molecular weight excluding hydrogens is 535 g/mol. The average Bonchev–Trinajstić information content (AvgIpc) is 3.21. The minimum atomic E-state index is -0.108. The van der Waals surface area contributed by atoms with E-state index in [1.807, 2.05) is 98.8 Å². The molecule has 5 rings (SSSR count). The highest BCUT2D eigenvalue weighted by Gasteiger charge is 2.34. The first-order valence-corrected chi connectivity index (χ1v) is 13.6. The molecule has 0 atom stereocenters. The number of ether oxygens (including phenoxy) is 1. The Kier molecular flexibility index (Phi) is 7.89. The number of anilines is 1. The van der Waals surface area contributed by atoms with Gasteiger partial charge in [-0.2, -0.15) is 0 Å². The van der Waals surface area contributed by atoms with Gasteiger partial charge >= 0.3 is 0 Å². The number of halogens is 2. The minimum Gasteiger partial charge on any atom is -0.489 e. The van der Waals surface area contributed by atoms with Crippen molar-refractivity contribution in [3.8, 4) is 5.75 Å². The molecule has 0 spiro atoms. The fourth-order valence-corrected chi connectivity index (χ4v) is 5.49.